The van der Waals surface area contributed by atoms with E-state index in [0.717, 1.165) is 0 Å². The summed E-state index contributed by atoms with van der Waals surface area (Å²) in [6.45, 7) is 1.24. The molecule has 0 spiro atoms. The fraction of sp³-hybridized carbons (Fsp3) is 0.222. The SMILES string of the molecule is CC(=O)C(F)c1ccccc1Br. The van der Waals surface area contributed by atoms with Crippen molar-refractivity contribution in [2.45, 2.75) is 13.1 Å². The van der Waals surface area contributed by atoms with Gasteiger partial charge in [-0.25, -0.2) is 4.39 Å². The van der Waals surface area contributed by atoms with Crippen molar-refractivity contribution < 1.29 is 9.18 Å². The van der Waals surface area contributed by atoms with E-state index < -0.39 is 12.0 Å². The van der Waals surface area contributed by atoms with Gasteiger partial charge in [-0.2, -0.15) is 0 Å². The predicted molar refractivity (Wildman–Crippen MR) is 48.7 cm³/mol. The number of benzene rings is 1. The lowest BCUT2D eigenvalue weighted by molar-refractivity contribution is -0.121. The molecular formula is C9H8BrFO. The van der Waals surface area contributed by atoms with Crippen LogP contribution in [0.3, 0.4) is 0 Å². The Morgan fingerprint density at radius 2 is 2.08 bits per heavy atom. The molecule has 1 atom stereocenters. The van der Waals surface area contributed by atoms with Crippen LogP contribution in [0.25, 0.3) is 0 Å². The van der Waals surface area contributed by atoms with Gasteiger partial charge in [0.2, 0.25) is 0 Å². The molecule has 0 saturated heterocycles. The van der Waals surface area contributed by atoms with Crippen LogP contribution in [-0.4, -0.2) is 5.78 Å². The monoisotopic (exact) mass is 230 g/mol. The van der Waals surface area contributed by atoms with Crippen LogP contribution in [-0.2, 0) is 4.79 Å². The van der Waals surface area contributed by atoms with Crippen LogP contribution in [0, 0.1) is 0 Å². The molecule has 1 aromatic rings. The minimum absolute atomic E-state index is 0.394. The Hall–Kier alpha value is -0.700. The van der Waals surface area contributed by atoms with Crippen LogP contribution < -0.4 is 0 Å². The minimum atomic E-state index is -1.51. The van der Waals surface area contributed by atoms with Crippen molar-refractivity contribution in [3.8, 4) is 0 Å². The van der Waals surface area contributed by atoms with E-state index in [-0.39, 0.29) is 0 Å². The van der Waals surface area contributed by atoms with E-state index in [4.69, 9.17) is 0 Å². The van der Waals surface area contributed by atoms with Gasteiger partial charge >= 0.3 is 0 Å². The van der Waals surface area contributed by atoms with Crippen LogP contribution in [0.4, 0.5) is 4.39 Å². The van der Waals surface area contributed by atoms with Gasteiger partial charge in [0.25, 0.3) is 0 Å². The number of hydrogen-bond donors (Lipinski definition) is 0. The molecule has 0 bridgehead atoms. The van der Waals surface area contributed by atoms with Crippen LogP contribution in [0.5, 0.6) is 0 Å². The maximum Gasteiger partial charge on any atom is 0.184 e. The molecule has 0 saturated carbocycles. The first-order chi connectivity index (χ1) is 5.63. The second-order valence-electron chi connectivity index (χ2n) is 2.49. The highest BCUT2D eigenvalue weighted by molar-refractivity contribution is 9.10. The summed E-state index contributed by atoms with van der Waals surface area (Å²) in [5.74, 6) is -0.470. The van der Waals surface area contributed by atoms with Crippen LogP contribution in [0.1, 0.15) is 18.7 Å². The number of Topliss-reactive ketones (excluding diaryl/α,β-unsaturated/α-hetero) is 1. The van der Waals surface area contributed by atoms with Crippen molar-refractivity contribution in [3.05, 3.63) is 34.3 Å². The quantitative estimate of drug-likeness (QED) is 0.764. The van der Waals surface area contributed by atoms with E-state index in [1.54, 1.807) is 24.3 Å². The molecule has 12 heavy (non-hydrogen) atoms. The van der Waals surface area contributed by atoms with Gasteiger partial charge in [-0.3, -0.25) is 4.79 Å². The van der Waals surface area contributed by atoms with Gasteiger partial charge in [0.1, 0.15) is 0 Å². The minimum Gasteiger partial charge on any atom is -0.296 e. The largest absolute Gasteiger partial charge is 0.296 e. The first-order valence-electron chi connectivity index (χ1n) is 3.52. The molecule has 0 fully saturated rings. The summed E-state index contributed by atoms with van der Waals surface area (Å²) in [7, 11) is 0. The number of rotatable bonds is 2. The van der Waals surface area contributed by atoms with E-state index in [2.05, 4.69) is 15.9 Å². The lowest BCUT2D eigenvalue weighted by Crippen LogP contribution is -2.02. The molecule has 1 unspecified atom stereocenters. The molecule has 0 aliphatic heterocycles. The Labute approximate surface area is 78.7 Å². The maximum atomic E-state index is 13.1. The predicted octanol–water partition coefficient (Wildman–Crippen LogP) is 3.05. The van der Waals surface area contributed by atoms with Crippen LogP contribution in [0.2, 0.25) is 0 Å². The smallest absolute Gasteiger partial charge is 0.184 e. The zero-order valence-corrected chi connectivity index (χ0v) is 8.14. The van der Waals surface area contributed by atoms with Gasteiger partial charge in [-0.1, -0.05) is 34.1 Å². The van der Waals surface area contributed by atoms with Crippen molar-refractivity contribution in [3.63, 3.8) is 0 Å². The van der Waals surface area contributed by atoms with Gasteiger partial charge < -0.3 is 0 Å². The van der Waals surface area contributed by atoms with Gasteiger partial charge in [0, 0.05) is 10.0 Å². The Morgan fingerprint density at radius 1 is 1.50 bits per heavy atom. The van der Waals surface area contributed by atoms with Gasteiger partial charge in [-0.05, 0) is 13.0 Å². The van der Waals surface area contributed by atoms with E-state index in [0.29, 0.717) is 10.0 Å². The summed E-state index contributed by atoms with van der Waals surface area (Å²) in [6, 6.07) is 6.79. The normalized spacial score (nSPS) is 12.6. The highest BCUT2D eigenvalue weighted by Gasteiger charge is 2.16. The number of carbonyl (C=O) groups is 1. The maximum absolute atomic E-state index is 13.1. The number of alkyl halides is 1. The summed E-state index contributed by atoms with van der Waals surface area (Å²) in [5.41, 5.74) is 0.394. The average Bonchev–Trinajstić information content (AvgIpc) is 2.04. The topological polar surface area (TPSA) is 17.1 Å². The van der Waals surface area contributed by atoms with Crippen molar-refractivity contribution in [1.82, 2.24) is 0 Å². The molecule has 1 rings (SSSR count). The van der Waals surface area contributed by atoms with E-state index in [1.807, 2.05) is 0 Å². The highest BCUT2D eigenvalue weighted by Crippen LogP contribution is 2.26. The van der Waals surface area contributed by atoms with E-state index >= 15 is 0 Å². The molecule has 1 aromatic carbocycles. The summed E-state index contributed by atoms with van der Waals surface area (Å²) < 4.78 is 13.8. The molecule has 0 aliphatic carbocycles. The van der Waals surface area contributed by atoms with E-state index in [1.165, 1.54) is 6.92 Å². The first kappa shape index (κ1) is 9.39. The van der Waals surface area contributed by atoms with Gasteiger partial charge in [0.15, 0.2) is 12.0 Å². The fourth-order valence-electron chi connectivity index (χ4n) is 0.900. The summed E-state index contributed by atoms with van der Waals surface area (Å²) in [4.78, 5) is 10.7. The second kappa shape index (κ2) is 3.81. The molecule has 0 aliphatic rings. The Balaban J connectivity index is 3.02. The second-order valence-corrected chi connectivity index (χ2v) is 3.35. The molecule has 1 nitrogen and oxygen atoms in total. The standard InChI is InChI=1S/C9H8BrFO/c1-6(12)9(11)7-4-2-3-5-8(7)10/h2-5,9H,1H3. The number of halogens is 2. The number of carbonyl (C=O) groups excluding carboxylic acids is 1. The number of hydrogen-bond acceptors (Lipinski definition) is 1. The third kappa shape index (κ3) is 1.91. The Bertz CT molecular complexity index is 298. The van der Waals surface area contributed by atoms with E-state index in [9.17, 15) is 9.18 Å². The molecule has 0 N–H and O–H groups in total. The molecule has 0 heterocycles. The molecule has 64 valence electrons. The fourth-order valence-corrected chi connectivity index (χ4v) is 1.39. The third-order valence-electron chi connectivity index (χ3n) is 1.54. The van der Waals surface area contributed by atoms with Gasteiger partial charge in [-0.15, -0.1) is 0 Å². The number of ketones is 1. The van der Waals surface area contributed by atoms with Crippen molar-refractivity contribution in [1.29, 1.82) is 0 Å². The lowest BCUT2D eigenvalue weighted by Gasteiger charge is -2.05. The van der Waals surface area contributed by atoms with Gasteiger partial charge in [0.05, 0.1) is 0 Å². The summed E-state index contributed by atoms with van der Waals surface area (Å²) in [5, 5.41) is 0. The molecule has 0 radical (unpaired) electrons. The summed E-state index contributed by atoms with van der Waals surface area (Å²) >= 11 is 3.17. The molecular weight excluding hydrogens is 223 g/mol. The Morgan fingerprint density at radius 3 is 2.58 bits per heavy atom. The van der Waals surface area contributed by atoms with Crippen molar-refractivity contribution >= 4 is 21.7 Å². The van der Waals surface area contributed by atoms with Crippen LogP contribution >= 0.6 is 15.9 Å². The lowest BCUT2D eigenvalue weighted by atomic mass is 10.1. The Kier molecular flexibility index (Phi) is 2.98. The molecule has 3 heteroatoms. The molecule has 0 amide bonds. The first-order valence-corrected chi connectivity index (χ1v) is 4.31. The van der Waals surface area contributed by atoms with Crippen molar-refractivity contribution in [2.24, 2.45) is 0 Å². The zero-order chi connectivity index (χ0) is 9.14. The molecule has 0 aromatic heterocycles. The highest BCUT2D eigenvalue weighted by atomic mass is 79.9. The summed E-state index contributed by atoms with van der Waals surface area (Å²) in [6.07, 6.45) is -1.51. The zero-order valence-electron chi connectivity index (χ0n) is 6.55. The van der Waals surface area contributed by atoms with Crippen molar-refractivity contribution in [2.75, 3.05) is 0 Å². The van der Waals surface area contributed by atoms with Crippen LogP contribution in [0.15, 0.2) is 28.7 Å². The third-order valence-corrected chi connectivity index (χ3v) is 2.26. The average molecular weight is 231 g/mol.